The molecule has 0 saturated carbocycles. The van der Waals surface area contributed by atoms with Gasteiger partial charge in [-0.05, 0) is 48.4 Å². The first-order chi connectivity index (χ1) is 11.1. The second kappa shape index (κ2) is 7.37. The molecule has 0 amide bonds. The number of aromatic amines is 1. The second-order valence-electron chi connectivity index (χ2n) is 5.50. The molecule has 0 saturated heterocycles. The average molecular weight is 349 g/mol. The predicted octanol–water partition coefficient (Wildman–Crippen LogP) is 4.34. The minimum Gasteiger partial charge on any atom is -0.387 e. The second-order valence-corrected chi connectivity index (χ2v) is 6.34. The Morgan fingerprint density at radius 1 is 1.13 bits per heavy atom. The maximum atomic E-state index is 10.2. The maximum Gasteiger partial charge on any atom is 0.0914 e. The quantitative estimate of drug-likeness (QED) is 0.580. The standard InChI is InChI=1S/C18H18Cl2N2O/c19-14-4-1-3-12(9-14)17(23)11-21-8-7-13-10-22-16-6-2-5-15(20)18(13)16/h1-6,9-10,17,21-23H,7-8,11H2. The van der Waals surface area contributed by atoms with E-state index in [0.29, 0.717) is 11.6 Å². The molecule has 23 heavy (non-hydrogen) atoms. The molecule has 0 aliphatic heterocycles. The van der Waals surface area contributed by atoms with Gasteiger partial charge in [0.15, 0.2) is 0 Å². The van der Waals surface area contributed by atoms with Gasteiger partial charge in [0, 0.05) is 28.7 Å². The van der Waals surface area contributed by atoms with Crippen LogP contribution in [0.2, 0.25) is 10.0 Å². The molecule has 120 valence electrons. The Morgan fingerprint density at radius 2 is 1.96 bits per heavy atom. The highest BCUT2D eigenvalue weighted by Gasteiger charge is 2.09. The Labute approximate surface area is 145 Å². The topological polar surface area (TPSA) is 48.0 Å². The fraction of sp³-hybridized carbons (Fsp3) is 0.222. The van der Waals surface area contributed by atoms with Crippen molar-refractivity contribution in [3.8, 4) is 0 Å². The van der Waals surface area contributed by atoms with Crippen LogP contribution in [0.25, 0.3) is 10.9 Å². The van der Waals surface area contributed by atoms with Crippen molar-refractivity contribution in [1.29, 1.82) is 0 Å². The number of hydrogen-bond acceptors (Lipinski definition) is 2. The summed E-state index contributed by atoms with van der Waals surface area (Å²) in [6.07, 6.45) is 2.26. The molecule has 1 heterocycles. The molecule has 0 aliphatic rings. The molecule has 3 nitrogen and oxygen atoms in total. The zero-order valence-corrected chi connectivity index (χ0v) is 14.0. The molecule has 1 aromatic heterocycles. The van der Waals surface area contributed by atoms with Crippen LogP contribution in [-0.2, 0) is 6.42 Å². The Morgan fingerprint density at radius 3 is 2.78 bits per heavy atom. The van der Waals surface area contributed by atoms with E-state index in [2.05, 4.69) is 10.3 Å². The minimum absolute atomic E-state index is 0.483. The van der Waals surface area contributed by atoms with Gasteiger partial charge in [0.2, 0.25) is 0 Å². The number of aromatic nitrogens is 1. The van der Waals surface area contributed by atoms with E-state index in [1.54, 1.807) is 12.1 Å². The number of benzene rings is 2. The van der Waals surface area contributed by atoms with Crippen LogP contribution >= 0.6 is 23.2 Å². The number of H-pyrrole nitrogens is 1. The molecule has 0 spiro atoms. The van der Waals surface area contributed by atoms with Crippen molar-refractivity contribution in [2.24, 2.45) is 0 Å². The molecule has 3 rings (SSSR count). The average Bonchev–Trinajstić information content (AvgIpc) is 2.96. The Kier molecular flexibility index (Phi) is 5.23. The summed E-state index contributed by atoms with van der Waals surface area (Å²) in [4.78, 5) is 3.23. The van der Waals surface area contributed by atoms with E-state index in [4.69, 9.17) is 23.2 Å². The first kappa shape index (κ1) is 16.3. The Bertz CT molecular complexity index is 801. The van der Waals surface area contributed by atoms with Crippen molar-refractivity contribution in [3.05, 3.63) is 69.8 Å². The Balaban J connectivity index is 1.55. The summed E-state index contributed by atoms with van der Waals surface area (Å²) in [6, 6.07) is 13.1. The van der Waals surface area contributed by atoms with Gasteiger partial charge in [-0.1, -0.05) is 41.4 Å². The van der Waals surface area contributed by atoms with Gasteiger partial charge in [0.25, 0.3) is 0 Å². The largest absolute Gasteiger partial charge is 0.387 e. The van der Waals surface area contributed by atoms with Crippen molar-refractivity contribution in [2.45, 2.75) is 12.5 Å². The fourth-order valence-corrected chi connectivity index (χ4v) is 3.19. The van der Waals surface area contributed by atoms with Crippen LogP contribution in [0.5, 0.6) is 0 Å². The molecule has 0 bridgehead atoms. The van der Waals surface area contributed by atoms with Crippen molar-refractivity contribution in [3.63, 3.8) is 0 Å². The van der Waals surface area contributed by atoms with Crippen molar-refractivity contribution in [2.75, 3.05) is 13.1 Å². The number of hydrogen-bond donors (Lipinski definition) is 3. The molecule has 3 N–H and O–H groups in total. The van der Waals surface area contributed by atoms with Gasteiger partial charge in [0.05, 0.1) is 11.1 Å². The summed E-state index contributed by atoms with van der Waals surface area (Å²) >= 11 is 12.2. The van der Waals surface area contributed by atoms with E-state index < -0.39 is 6.10 Å². The van der Waals surface area contributed by atoms with E-state index in [-0.39, 0.29) is 0 Å². The van der Waals surface area contributed by atoms with E-state index in [9.17, 15) is 5.11 Å². The minimum atomic E-state index is -0.569. The summed E-state index contributed by atoms with van der Waals surface area (Å²) < 4.78 is 0. The summed E-state index contributed by atoms with van der Waals surface area (Å²) in [5, 5.41) is 15.9. The van der Waals surface area contributed by atoms with Gasteiger partial charge in [-0.3, -0.25) is 0 Å². The van der Waals surface area contributed by atoms with Gasteiger partial charge in [0.1, 0.15) is 0 Å². The molecule has 0 radical (unpaired) electrons. The zero-order valence-electron chi connectivity index (χ0n) is 12.5. The van der Waals surface area contributed by atoms with Crippen LogP contribution in [0.1, 0.15) is 17.2 Å². The van der Waals surface area contributed by atoms with Crippen molar-refractivity contribution >= 4 is 34.1 Å². The van der Waals surface area contributed by atoms with Gasteiger partial charge in [-0.2, -0.15) is 0 Å². The van der Waals surface area contributed by atoms with Crippen molar-refractivity contribution < 1.29 is 5.11 Å². The molecular formula is C18H18Cl2N2O. The number of aliphatic hydroxyl groups is 1. The lowest BCUT2D eigenvalue weighted by molar-refractivity contribution is 0.175. The number of halogens is 2. The monoisotopic (exact) mass is 348 g/mol. The molecule has 0 aliphatic carbocycles. The molecule has 5 heteroatoms. The van der Waals surface area contributed by atoms with E-state index in [0.717, 1.165) is 34.5 Å². The number of fused-ring (bicyclic) bond motifs is 1. The fourth-order valence-electron chi connectivity index (χ4n) is 2.70. The normalized spacial score (nSPS) is 12.7. The van der Waals surface area contributed by atoms with Gasteiger partial charge >= 0.3 is 0 Å². The zero-order chi connectivity index (χ0) is 16.2. The SMILES string of the molecule is OC(CNCCc1c[nH]c2cccc(Cl)c12)c1cccc(Cl)c1. The van der Waals surface area contributed by atoms with Gasteiger partial charge < -0.3 is 15.4 Å². The summed E-state index contributed by atoms with van der Waals surface area (Å²) in [5.41, 5.74) is 3.04. The molecule has 3 aromatic rings. The van der Waals surface area contributed by atoms with Crippen LogP contribution in [0.3, 0.4) is 0 Å². The number of aliphatic hydroxyl groups excluding tert-OH is 1. The molecular weight excluding hydrogens is 331 g/mol. The van der Waals surface area contributed by atoms with Crippen LogP contribution in [0.4, 0.5) is 0 Å². The Hall–Kier alpha value is -1.52. The first-order valence-corrected chi connectivity index (χ1v) is 8.29. The van der Waals surface area contributed by atoms with Crippen LogP contribution in [0.15, 0.2) is 48.7 Å². The highest BCUT2D eigenvalue weighted by molar-refractivity contribution is 6.35. The third kappa shape index (κ3) is 3.88. The smallest absolute Gasteiger partial charge is 0.0914 e. The van der Waals surface area contributed by atoms with Crippen LogP contribution in [0, 0.1) is 0 Å². The van der Waals surface area contributed by atoms with Crippen molar-refractivity contribution in [1.82, 2.24) is 10.3 Å². The van der Waals surface area contributed by atoms with E-state index >= 15 is 0 Å². The first-order valence-electron chi connectivity index (χ1n) is 7.54. The number of nitrogens with one attached hydrogen (secondary N) is 2. The summed E-state index contributed by atoms with van der Waals surface area (Å²) in [6.45, 7) is 1.24. The lowest BCUT2D eigenvalue weighted by atomic mass is 10.1. The summed E-state index contributed by atoms with van der Waals surface area (Å²) in [7, 11) is 0. The third-order valence-corrected chi connectivity index (χ3v) is 4.43. The molecule has 2 aromatic carbocycles. The van der Waals surface area contributed by atoms with E-state index in [1.807, 2.05) is 36.5 Å². The summed E-state index contributed by atoms with van der Waals surface area (Å²) in [5.74, 6) is 0. The third-order valence-electron chi connectivity index (χ3n) is 3.88. The highest BCUT2D eigenvalue weighted by atomic mass is 35.5. The number of rotatable bonds is 6. The molecule has 1 unspecified atom stereocenters. The van der Waals surface area contributed by atoms with E-state index in [1.165, 1.54) is 5.56 Å². The van der Waals surface area contributed by atoms with Gasteiger partial charge in [-0.15, -0.1) is 0 Å². The lowest BCUT2D eigenvalue weighted by Gasteiger charge is -2.12. The molecule has 0 fully saturated rings. The maximum absolute atomic E-state index is 10.2. The van der Waals surface area contributed by atoms with Crippen LogP contribution < -0.4 is 5.32 Å². The predicted molar refractivity (Wildman–Crippen MR) is 96.3 cm³/mol. The highest BCUT2D eigenvalue weighted by Crippen LogP contribution is 2.26. The molecule has 1 atom stereocenters. The van der Waals surface area contributed by atoms with Gasteiger partial charge in [-0.25, -0.2) is 0 Å². The lowest BCUT2D eigenvalue weighted by Crippen LogP contribution is -2.23. The van der Waals surface area contributed by atoms with Crippen LogP contribution in [-0.4, -0.2) is 23.2 Å².